The average molecular weight is 244 g/mol. The van der Waals surface area contributed by atoms with Crippen LogP contribution in [-0.2, 0) is 9.59 Å². The van der Waals surface area contributed by atoms with Gasteiger partial charge in [-0.05, 0) is 18.9 Å². The van der Waals surface area contributed by atoms with Gasteiger partial charge in [0.25, 0.3) is 0 Å². The molecule has 3 unspecified atom stereocenters. The monoisotopic (exact) mass is 244 g/mol. The molecule has 1 aliphatic heterocycles. The van der Waals surface area contributed by atoms with Gasteiger partial charge in [-0.25, -0.2) is 0 Å². The Balaban J connectivity index is 1.74. The minimum absolute atomic E-state index is 0.0398. The van der Waals surface area contributed by atoms with Gasteiger partial charge < -0.3 is 10.2 Å². The number of piperazine rings is 1. The molecule has 1 saturated carbocycles. The lowest BCUT2D eigenvalue weighted by Gasteiger charge is -2.31. The molecule has 0 spiro atoms. The molecule has 3 atom stereocenters. The first-order valence-electron chi connectivity index (χ1n) is 6.31. The number of rotatable bonds is 2. The number of carbonyl (C=O) groups excluding carboxylic acids is 2. The molecule has 94 valence electrons. The maximum Gasteiger partial charge on any atom is 0.245 e. The number of amides is 2. The molecule has 2 aliphatic rings. The molecule has 4 heteroatoms. The summed E-state index contributed by atoms with van der Waals surface area (Å²) in [7, 11) is 0. The lowest BCUT2D eigenvalue weighted by atomic mass is 10.1. The minimum Gasteiger partial charge on any atom is -0.343 e. The van der Waals surface area contributed by atoms with Crippen LogP contribution in [-0.4, -0.2) is 35.3 Å². The van der Waals surface area contributed by atoms with E-state index in [-0.39, 0.29) is 30.4 Å². The van der Waals surface area contributed by atoms with Gasteiger partial charge in [0, 0.05) is 12.0 Å². The zero-order valence-corrected chi connectivity index (χ0v) is 10.3. The van der Waals surface area contributed by atoms with Crippen LogP contribution in [0.3, 0.4) is 0 Å². The van der Waals surface area contributed by atoms with Gasteiger partial charge in [0.15, 0.2) is 0 Å². The third-order valence-electron chi connectivity index (χ3n) is 3.73. The van der Waals surface area contributed by atoms with Crippen LogP contribution in [0.1, 0.15) is 24.8 Å². The maximum absolute atomic E-state index is 12.0. The Morgan fingerprint density at radius 1 is 1.22 bits per heavy atom. The zero-order valence-electron chi connectivity index (χ0n) is 10.3. The van der Waals surface area contributed by atoms with Crippen molar-refractivity contribution in [3.8, 4) is 0 Å². The van der Waals surface area contributed by atoms with E-state index in [1.807, 2.05) is 18.2 Å². The summed E-state index contributed by atoms with van der Waals surface area (Å²) in [5, 5.41) is 2.67. The topological polar surface area (TPSA) is 49.4 Å². The Morgan fingerprint density at radius 3 is 2.67 bits per heavy atom. The highest BCUT2D eigenvalue weighted by atomic mass is 16.2. The Hall–Kier alpha value is -1.84. The van der Waals surface area contributed by atoms with E-state index in [9.17, 15) is 9.59 Å². The largest absolute Gasteiger partial charge is 0.343 e. The first-order valence-corrected chi connectivity index (χ1v) is 6.31. The third-order valence-corrected chi connectivity index (χ3v) is 3.73. The van der Waals surface area contributed by atoms with E-state index in [4.69, 9.17) is 0 Å². The van der Waals surface area contributed by atoms with Crippen molar-refractivity contribution in [2.24, 2.45) is 0 Å². The van der Waals surface area contributed by atoms with E-state index in [0.717, 1.165) is 6.42 Å². The number of benzene rings is 1. The molecule has 1 saturated heterocycles. The van der Waals surface area contributed by atoms with Crippen LogP contribution in [0.2, 0.25) is 0 Å². The van der Waals surface area contributed by atoms with Crippen LogP contribution in [0, 0.1) is 0 Å². The summed E-state index contributed by atoms with van der Waals surface area (Å²) in [5.41, 5.74) is 1.26. The second kappa shape index (κ2) is 4.12. The van der Waals surface area contributed by atoms with Crippen LogP contribution >= 0.6 is 0 Å². The van der Waals surface area contributed by atoms with Crippen molar-refractivity contribution in [3.05, 3.63) is 35.9 Å². The first kappa shape index (κ1) is 11.3. The number of nitrogens with zero attached hydrogens (tertiary/aromatic N) is 1. The normalized spacial score (nSPS) is 31.2. The average Bonchev–Trinajstić information content (AvgIpc) is 3.15. The molecule has 1 N–H and O–H groups in total. The van der Waals surface area contributed by atoms with Gasteiger partial charge in [-0.3, -0.25) is 9.59 Å². The number of nitrogens with one attached hydrogen (secondary N) is 1. The molecule has 0 aromatic heterocycles. The molecule has 18 heavy (non-hydrogen) atoms. The van der Waals surface area contributed by atoms with Crippen LogP contribution in [0.5, 0.6) is 0 Å². The summed E-state index contributed by atoms with van der Waals surface area (Å²) < 4.78 is 0. The van der Waals surface area contributed by atoms with Crippen molar-refractivity contribution in [2.75, 3.05) is 6.54 Å². The van der Waals surface area contributed by atoms with Crippen molar-refractivity contribution < 1.29 is 9.59 Å². The fraction of sp³-hybridized carbons (Fsp3) is 0.429. The second-order valence-corrected chi connectivity index (χ2v) is 5.08. The van der Waals surface area contributed by atoms with Gasteiger partial charge in [0.05, 0.1) is 6.54 Å². The molecule has 2 amide bonds. The van der Waals surface area contributed by atoms with Crippen LogP contribution in [0.15, 0.2) is 30.3 Å². The van der Waals surface area contributed by atoms with Crippen LogP contribution < -0.4 is 5.32 Å². The lowest BCUT2D eigenvalue weighted by Crippen LogP contribution is -2.57. The molecule has 1 aromatic carbocycles. The molecule has 4 nitrogen and oxygen atoms in total. The summed E-state index contributed by atoms with van der Waals surface area (Å²) in [5.74, 6) is 0.382. The van der Waals surface area contributed by atoms with Crippen molar-refractivity contribution in [1.29, 1.82) is 0 Å². The second-order valence-electron chi connectivity index (χ2n) is 5.08. The van der Waals surface area contributed by atoms with E-state index >= 15 is 0 Å². The Labute approximate surface area is 106 Å². The van der Waals surface area contributed by atoms with Crippen LogP contribution in [0.25, 0.3) is 0 Å². The van der Waals surface area contributed by atoms with E-state index in [2.05, 4.69) is 17.4 Å². The third kappa shape index (κ3) is 1.88. The Morgan fingerprint density at radius 2 is 1.94 bits per heavy atom. The quantitative estimate of drug-likeness (QED) is 0.840. The van der Waals surface area contributed by atoms with Crippen molar-refractivity contribution in [1.82, 2.24) is 10.2 Å². The number of hydrogen-bond donors (Lipinski definition) is 1. The van der Waals surface area contributed by atoms with E-state index in [1.165, 1.54) is 5.56 Å². The van der Waals surface area contributed by atoms with Crippen molar-refractivity contribution in [2.45, 2.75) is 31.3 Å². The van der Waals surface area contributed by atoms with Gasteiger partial charge in [-0.1, -0.05) is 30.3 Å². The van der Waals surface area contributed by atoms with E-state index < -0.39 is 0 Å². The van der Waals surface area contributed by atoms with Gasteiger partial charge in [-0.2, -0.15) is 0 Å². The van der Waals surface area contributed by atoms with E-state index in [0.29, 0.717) is 5.92 Å². The van der Waals surface area contributed by atoms with Crippen LogP contribution in [0.4, 0.5) is 0 Å². The van der Waals surface area contributed by atoms with Gasteiger partial charge in [-0.15, -0.1) is 0 Å². The highest BCUT2D eigenvalue weighted by Gasteiger charge is 2.47. The summed E-state index contributed by atoms with van der Waals surface area (Å²) in [4.78, 5) is 25.3. The zero-order chi connectivity index (χ0) is 12.7. The number of carbonyl (C=O) groups is 2. The number of hydrogen-bond acceptors (Lipinski definition) is 2. The predicted molar refractivity (Wildman–Crippen MR) is 66.9 cm³/mol. The highest BCUT2D eigenvalue weighted by Crippen LogP contribution is 2.45. The lowest BCUT2D eigenvalue weighted by molar-refractivity contribution is -0.144. The molecular weight excluding hydrogens is 228 g/mol. The summed E-state index contributed by atoms with van der Waals surface area (Å²) in [6, 6.07) is 10.0. The summed E-state index contributed by atoms with van der Waals surface area (Å²) >= 11 is 0. The summed E-state index contributed by atoms with van der Waals surface area (Å²) in [6.45, 7) is 1.95. The van der Waals surface area contributed by atoms with Gasteiger partial charge >= 0.3 is 0 Å². The molecule has 1 aliphatic carbocycles. The Kier molecular flexibility index (Phi) is 2.58. The molecule has 3 rings (SSSR count). The smallest absolute Gasteiger partial charge is 0.245 e. The van der Waals surface area contributed by atoms with E-state index in [1.54, 1.807) is 11.8 Å². The predicted octanol–water partition coefficient (Wildman–Crippen LogP) is 0.889. The molecule has 1 aromatic rings. The van der Waals surface area contributed by atoms with Crippen molar-refractivity contribution >= 4 is 11.8 Å². The molecule has 0 bridgehead atoms. The SMILES string of the molecule is CC1NC(=O)CN(C2CC2c2ccccc2)C1=O. The van der Waals surface area contributed by atoms with Crippen molar-refractivity contribution in [3.63, 3.8) is 0 Å². The highest BCUT2D eigenvalue weighted by molar-refractivity contribution is 5.95. The fourth-order valence-corrected chi connectivity index (χ4v) is 2.70. The minimum atomic E-state index is -0.386. The van der Waals surface area contributed by atoms with Gasteiger partial charge in [0.2, 0.25) is 11.8 Å². The molecule has 0 radical (unpaired) electrons. The molecular formula is C14H16N2O2. The first-order chi connectivity index (χ1) is 8.66. The Bertz CT molecular complexity index is 486. The summed E-state index contributed by atoms with van der Waals surface area (Å²) in [6.07, 6.45) is 0.968. The van der Waals surface area contributed by atoms with Gasteiger partial charge in [0.1, 0.15) is 6.04 Å². The fourth-order valence-electron chi connectivity index (χ4n) is 2.70. The maximum atomic E-state index is 12.0. The molecule has 1 heterocycles. The molecule has 2 fully saturated rings. The standard InChI is InChI=1S/C14H16N2O2/c1-9-14(18)16(8-13(17)15-9)12-7-11(12)10-5-3-2-4-6-10/h2-6,9,11-12H,7-8H2,1H3,(H,15,17).